The average molecular weight is 343 g/mol. The SMILES string of the molecule is CC1=C(n2nnc([N+](=O)[O-])n2)[C@H](c2ccc(F)cc2)C(C#N)=C(N)O1. The molecule has 0 spiro atoms. The van der Waals surface area contributed by atoms with Crippen LogP contribution in [-0.2, 0) is 4.74 Å². The van der Waals surface area contributed by atoms with E-state index in [1.807, 2.05) is 6.07 Å². The van der Waals surface area contributed by atoms with Crippen LogP contribution in [0.2, 0.25) is 0 Å². The Kier molecular flexibility index (Phi) is 3.86. The van der Waals surface area contributed by atoms with Gasteiger partial charge in [-0.05, 0) is 29.5 Å². The first kappa shape index (κ1) is 16.1. The zero-order valence-corrected chi connectivity index (χ0v) is 12.8. The fourth-order valence-electron chi connectivity index (χ4n) is 2.49. The molecule has 2 aromatic rings. The summed E-state index contributed by atoms with van der Waals surface area (Å²) in [7, 11) is 0. The molecular formula is C14H10FN7O3. The summed E-state index contributed by atoms with van der Waals surface area (Å²) in [5.41, 5.74) is 6.57. The first-order valence-electron chi connectivity index (χ1n) is 6.91. The van der Waals surface area contributed by atoms with Crippen LogP contribution in [0, 0.1) is 27.3 Å². The van der Waals surface area contributed by atoms with Gasteiger partial charge in [-0.1, -0.05) is 16.9 Å². The molecule has 0 fully saturated rings. The van der Waals surface area contributed by atoms with Crippen LogP contribution in [0.3, 0.4) is 0 Å². The molecule has 2 heterocycles. The van der Waals surface area contributed by atoms with E-state index in [1.54, 1.807) is 6.92 Å². The number of nitriles is 1. The van der Waals surface area contributed by atoms with Crippen molar-refractivity contribution in [3.63, 3.8) is 0 Å². The number of nitrogens with zero attached hydrogens (tertiary/aromatic N) is 6. The van der Waals surface area contributed by atoms with Crippen LogP contribution in [0.25, 0.3) is 5.70 Å². The maximum Gasteiger partial charge on any atom is 0.515 e. The van der Waals surface area contributed by atoms with E-state index in [0.717, 1.165) is 4.80 Å². The number of halogens is 1. The molecule has 0 radical (unpaired) electrons. The minimum absolute atomic E-state index is 0.0483. The zero-order valence-electron chi connectivity index (χ0n) is 12.8. The van der Waals surface area contributed by atoms with Gasteiger partial charge in [0, 0.05) is 0 Å². The highest BCUT2D eigenvalue weighted by Gasteiger charge is 2.36. The summed E-state index contributed by atoms with van der Waals surface area (Å²) in [6.07, 6.45) is 0. The number of rotatable bonds is 3. The number of hydrogen-bond donors (Lipinski definition) is 1. The van der Waals surface area contributed by atoms with Crippen molar-refractivity contribution in [1.82, 2.24) is 20.2 Å². The predicted molar refractivity (Wildman–Crippen MR) is 80.4 cm³/mol. The molecule has 11 heteroatoms. The standard InChI is InChI=1S/C14H10FN7O3/c1-7-12(21-19-14(18-20-21)22(23)24)11(10(6-16)13(17)25-7)8-2-4-9(15)5-3-8/h2-5,11H,17H2,1H3/t11-/m1/s1. The van der Waals surface area contributed by atoms with E-state index in [1.165, 1.54) is 24.3 Å². The lowest BCUT2D eigenvalue weighted by Gasteiger charge is -2.25. The first-order valence-corrected chi connectivity index (χ1v) is 6.91. The molecule has 0 saturated carbocycles. The number of hydrogen-bond acceptors (Lipinski definition) is 8. The van der Waals surface area contributed by atoms with E-state index in [9.17, 15) is 19.8 Å². The smallest absolute Gasteiger partial charge is 0.443 e. The van der Waals surface area contributed by atoms with E-state index in [2.05, 4.69) is 15.4 Å². The topological polar surface area (TPSA) is 146 Å². The summed E-state index contributed by atoms with van der Waals surface area (Å²) in [6, 6.07) is 7.32. The predicted octanol–water partition coefficient (Wildman–Crippen LogP) is 1.42. The summed E-state index contributed by atoms with van der Waals surface area (Å²) in [6.45, 7) is 1.54. The maximum absolute atomic E-state index is 13.2. The molecule has 126 valence electrons. The van der Waals surface area contributed by atoms with Crippen LogP contribution in [0.15, 0.2) is 41.5 Å². The minimum atomic E-state index is -0.800. The van der Waals surface area contributed by atoms with Gasteiger partial charge < -0.3 is 20.6 Å². The largest absolute Gasteiger partial charge is 0.515 e. The van der Waals surface area contributed by atoms with E-state index in [0.29, 0.717) is 5.56 Å². The molecule has 1 aliphatic heterocycles. The summed E-state index contributed by atoms with van der Waals surface area (Å²) >= 11 is 0. The van der Waals surface area contributed by atoms with Gasteiger partial charge in [-0.25, -0.2) is 4.39 Å². The zero-order chi connectivity index (χ0) is 18.1. The third-order valence-electron chi connectivity index (χ3n) is 3.56. The molecule has 0 unspecified atom stereocenters. The quantitative estimate of drug-likeness (QED) is 0.650. The molecule has 1 aromatic carbocycles. The highest BCUT2D eigenvalue weighted by atomic mass is 19.1. The second-order valence-electron chi connectivity index (χ2n) is 5.05. The van der Waals surface area contributed by atoms with Crippen LogP contribution in [0.1, 0.15) is 18.4 Å². The highest BCUT2D eigenvalue weighted by Crippen LogP contribution is 2.40. The average Bonchev–Trinajstić information content (AvgIpc) is 3.05. The summed E-state index contributed by atoms with van der Waals surface area (Å²) in [4.78, 5) is 10.9. The van der Waals surface area contributed by atoms with E-state index < -0.39 is 22.6 Å². The van der Waals surface area contributed by atoms with Crippen molar-refractivity contribution in [2.45, 2.75) is 12.8 Å². The van der Waals surface area contributed by atoms with Gasteiger partial charge in [0.2, 0.25) is 5.88 Å². The van der Waals surface area contributed by atoms with Crippen molar-refractivity contribution in [1.29, 1.82) is 5.26 Å². The third-order valence-corrected chi connectivity index (χ3v) is 3.56. The van der Waals surface area contributed by atoms with Crippen molar-refractivity contribution in [3.8, 4) is 6.07 Å². The van der Waals surface area contributed by atoms with Crippen LogP contribution in [0.4, 0.5) is 10.3 Å². The van der Waals surface area contributed by atoms with E-state index in [4.69, 9.17) is 10.5 Å². The van der Waals surface area contributed by atoms with Crippen molar-refractivity contribution in [3.05, 3.63) is 63.0 Å². The van der Waals surface area contributed by atoms with Gasteiger partial charge in [0.1, 0.15) is 28.9 Å². The Hall–Kier alpha value is -3.81. The van der Waals surface area contributed by atoms with Crippen LogP contribution < -0.4 is 5.73 Å². The lowest BCUT2D eigenvalue weighted by Crippen LogP contribution is -2.23. The Morgan fingerprint density at radius 3 is 2.68 bits per heavy atom. The molecule has 0 bridgehead atoms. The van der Waals surface area contributed by atoms with Crippen LogP contribution in [-0.4, -0.2) is 25.1 Å². The Bertz CT molecular complexity index is 956. The van der Waals surface area contributed by atoms with Gasteiger partial charge in [0.15, 0.2) is 0 Å². The van der Waals surface area contributed by atoms with Crippen molar-refractivity contribution < 1.29 is 14.1 Å². The molecule has 0 saturated heterocycles. The number of allylic oxidation sites excluding steroid dienone is 3. The lowest BCUT2D eigenvalue weighted by atomic mass is 9.87. The molecular weight excluding hydrogens is 333 g/mol. The first-order chi connectivity index (χ1) is 11.9. The second-order valence-corrected chi connectivity index (χ2v) is 5.05. The Balaban J connectivity index is 2.18. The molecule has 0 aliphatic carbocycles. The summed E-state index contributed by atoms with van der Waals surface area (Å²) in [5.74, 6) is -1.85. The second kappa shape index (κ2) is 6.00. The Morgan fingerprint density at radius 2 is 2.12 bits per heavy atom. The van der Waals surface area contributed by atoms with Gasteiger partial charge >= 0.3 is 5.95 Å². The fourth-order valence-corrected chi connectivity index (χ4v) is 2.49. The Labute approximate surface area is 139 Å². The number of nitro groups is 1. The molecule has 1 aromatic heterocycles. The molecule has 1 atom stereocenters. The molecule has 0 amide bonds. The number of aromatic nitrogens is 4. The van der Waals surface area contributed by atoms with Crippen LogP contribution >= 0.6 is 0 Å². The van der Waals surface area contributed by atoms with Crippen molar-refractivity contribution in [2.24, 2.45) is 5.73 Å². The molecule has 1 aliphatic rings. The van der Waals surface area contributed by atoms with Crippen molar-refractivity contribution >= 4 is 11.6 Å². The van der Waals surface area contributed by atoms with Crippen molar-refractivity contribution in [2.75, 3.05) is 0 Å². The van der Waals surface area contributed by atoms with E-state index in [-0.39, 0.29) is 22.9 Å². The lowest BCUT2D eigenvalue weighted by molar-refractivity contribution is -0.394. The molecule has 3 rings (SSSR count). The maximum atomic E-state index is 13.2. The number of ether oxygens (including phenoxy) is 1. The highest BCUT2D eigenvalue weighted by molar-refractivity contribution is 5.66. The summed E-state index contributed by atoms with van der Waals surface area (Å²) < 4.78 is 18.6. The van der Waals surface area contributed by atoms with Crippen LogP contribution in [0.5, 0.6) is 0 Å². The van der Waals surface area contributed by atoms with E-state index >= 15 is 0 Å². The number of nitrogens with two attached hydrogens (primary N) is 1. The van der Waals surface area contributed by atoms with Gasteiger partial charge in [-0.3, -0.25) is 0 Å². The molecule has 2 N–H and O–H groups in total. The minimum Gasteiger partial charge on any atom is -0.443 e. The number of benzene rings is 1. The van der Waals surface area contributed by atoms with Gasteiger partial charge in [-0.15, -0.1) is 0 Å². The van der Waals surface area contributed by atoms with Gasteiger partial charge in [0.05, 0.1) is 21.3 Å². The summed E-state index contributed by atoms with van der Waals surface area (Å²) in [5, 5.41) is 30.9. The van der Waals surface area contributed by atoms with Gasteiger partial charge in [-0.2, -0.15) is 5.26 Å². The number of tetrazole rings is 1. The monoisotopic (exact) mass is 343 g/mol. The molecule has 10 nitrogen and oxygen atoms in total. The third kappa shape index (κ3) is 2.76. The normalized spacial score (nSPS) is 17.2. The Morgan fingerprint density at radius 1 is 1.44 bits per heavy atom. The fraction of sp³-hybridized carbons (Fsp3) is 0.143. The molecule has 25 heavy (non-hydrogen) atoms. The van der Waals surface area contributed by atoms with Gasteiger partial charge in [0.25, 0.3) is 0 Å².